The topological polar surface area (TPSA) is 18.5 Å². The summed E-state index contributed by atoms with van der Waals surface area (Å²) in [5, 5.41) is 0. The second kappa shape index (κ2) is 8.79. The molecule has 3 heteroatoms. The first-order valence-corrected chi connectivity index (χ1v) is 11.2. The highest BCUT2D eigenvalue weighted by molar-refractivity contribution is 6.70. The first-order valence-electron chi connectivity index (χ1n) is 9.18. The first kappa shape index (κ1) is 19.2. The quantitative estimate of drug-likeness (QED) is 0.480. The summed E-state index contributed by atoms with van der Waals surface area (Å²) in [6.45, 7) is 11.0. The van der Waals surface area contributed by atoms with Gasteiger partial charge in [-0.25, -0.2) is 0 Å². The molecule has 0 saturated heterocycles. The first-order chi connectivity index (χ1) is 11.5. The molecule has 1 aliphatic rings. The van der Waals surface area contributed by atoms with E-state index in [0.29, 0.717) is 11.1 Å². The summed E-state index contributed by atoms with van der Waals surface area (Å²) in [7, 11) is -2.30. The molecule has 1 aliphatic heterocycles. The average molecular weight is 345 g/mol. The van der Waals surface area contributed by atoms with Crippen LogP contribution in [0.2, 0.25) is 11.1 Å². The second-order valence-corrected chi connectivity index (χ2v) is 11.4. The normalized spacial score (nSPS) is 24.0. The minimum Gasteiger partial charge on any atom is -0.387 e. The Hall–Kier alpha value is -1.16. The van der Waals surface area contributed by atoms with Crippen molar-refractivity contribution in [2.24, 2.45) is 0 Å². The zero-order valence-electron chi connectivity index (χ0n) is 15.7. The van der Waals surface area contributed by atoms with Gasteiger partial charge in [-0.05, 0) is 36.4 Å². The van der Waals surface area contributed by atoms with Gasteiger partial charge in [0, 0.05) is 0 Å². The van der Waals surface area contributed by atoms with E-state index in [1.54, 1.807) is 0 Å². The maximum absolute atomic E-state index is 6.72. The molecule has 1 aromatic carbocycles. The summed E-state index contributed by atoms with van der Waals surface area (Å²) >= 11 is 0. The molecule has 1 aromatic rings. The lowest BCUT2D eigenvalue weighted by Crippen LogP contribution is -2.51. The number of hydrogen-bond acceptors (Lipinski definition) is 2. The van der Waals surface area contributed by atoms with E-state index >= 15 is 0 Å². The Morgan fingerprint density at radius 1 is 1.00 bits per heavy atom. The van der Waals surface area contributed by atoms with E-state index in [-0.39, 0.29) is 12.2 Å². The lowest BCUT2D eigenvalue weighted by atomic mass is 10.1. The van der Waals surface area contributed by atoms with E-state index in [1.807, 2.05) is 6.92 Å². The predicted molar refractivity (Wildman–Crippen MR) is 104 cm³/mol. The molecule has 1 heterocycles. The van der Waals surface area contributed by atoms with Crippen LogP contribution < -0.4 is 0 Å². The summed E-state index contributed by atoms with van der Waals surface area (Å²) in [6.07, 6.45) is 10.8. The van der Waals surface area contributed by atoms with Crippen molar-refractivity contribution >= 4 is 8.56 Å². The average Bonchev–Trinajstić information content (AvgIpc) is 2.75. The van der Waals surface area contributed by atoms with Crippen LogP contribution in [0.3, 0.4) is 0 Å². The van der Waals surface area contributed by atoms with Crippen LogP contribution in [0.1, 0.15) is 46.6 Å². The van der Waals surface area contributed by atoms with Gasteiger partial charge in [0.15, 0.2) is 0 Å². The molecule has 0 radical (unpaired) electrons. The second-order valence-electron chi connectivity index (χ2n) is 7.20. The molecule has 0 amide bonds. The van der Waals surface area contributed by atoms with Crippen LogP contribution in [0.25, 0.3) is 0 Å². The Morgan fingerprint density at radius 3 is 2.25 bits per heavy atom. The highest BCUT2D eigenvalue weighted by Gasteiger charge is 2.48. The monoisotopic (exact) mass is 344 g/mol. The van der Waals surface area contributed by atoms with Crippen LogP contribution in [0, 0.1) is 0 Å². The molecule has 24 heavy (non-hydrogen) atoms. The summed E-state index contributed by atoms with van der Waals surface area (Å²) < 4.78 is 13.3. The van der Waals surface area contributed by atoms with E-state index < -0.39 is 8.56 Å². The van der Waals surface area contributed by atoms with Gasteiger partial charge in [-0.3, -0.25) is 0 Å². The highest BCUT2D eigenvalue weighted by atomic mass is 28.4. The molecule has 0 aromatic heterocycles. The molecule has 0 N–H and O–H groups in total. The SMILES string of the molecule is C/C=C/[C@@H]1C=C[C@H](CCc2ccccc2)O[Si](C(C)C)(C(C)C)O1. The van der Waals surface area contributed by atoms with Crippen molar-refractivity contribution in [2.75, 3.05) is 0 Å². The molecule has 0 aliphatic carbocycles. The van der Waals surface area contributed by atoms with Crippen LogP contribution >= 0.6 is 0 Å². The summed E-state index contributed by atoms with van der Waals surface area (Å²) in [5.74, 6) is 0. The van der Waals surface area contributed by atoms with Crippen molar-refractivity contribution < 1.29 is 8.85 Å². The van der Waals surface area contributed by atoms with Gasteiger partial charge in [0.2, 0.25) is 0 Å². The fourth-order valence-corrected chi connectivity index (χ4v) is 7.13. The standard InChI is InChI=1S/C21H32O2Si/c1-6-10-20-15-16-21(14-13-19-11-8-7-9-12-19)23-24(22-20,17(2)3)18(4)5/h6-12,15-18,20-21H,13-14H2,1-5H3/b10-6+/t20-,21+/m1/s1. The smallest absolute Gasteiger partial charge is 0.344 e. The molecule has 2 rings (SSSR count). The summed E-state index contributed by atoms with van der Waals surface area (Å²) in [4.78, 5) is 0. The fourth-order valence-electron chi connectivity index (χ4n) is 3.40. The largest absolute Gasteiger partial charge is 0.387 e. The van der Waals surface area contributed by atoms with Gasteiger partial charge in [-0.1, -0.05) is 82.3 Å². The van der Waals surface area contributed by atoms with Gasteiger partial charge in [-0.15, -0.1) is 0 Å². The maximum atomic E-state index is 6.72. The third-order valence-corrected chi connectivity index (χ3v) is 9.25. The number of aryl methyl sites for hydroxylation is 1. The number of benzene rings is 1. The van der Waals surface area contributed by atoms with Crippen LogP contribution in [-0.4, -0.2) is 20.8 Å². The third kappa shape index (κ3) is 4.68. The van der Waals surface area contributed by atoms with Crippen LogP contribution in [0.4, 0.5) is 0 Å². The molecule has 2 atom stereocenters. The molecular formula is C21H32O2Si. The van der Waals surface area contributed by atoms with Gasteiger partial charge >= 0.3 is 8.56 Å². The van der Waals surface area contributed by atoms with E-state index in [4.69, 9.17) is 8.85 Å². The van der Waals surface area contributed by atoms with Crippen molar-refractivity contribution in [2.45, 2.75) is 70.8 Å². The Kier molecular flexibility index (Phi) is 7.02. The number of allylic oxidation sites excluding steroid dienone is 1. The van der Waals surface area contributed by atoms with E-state index in [9.17, 15) is 0 Å². The fraction of sp³-hybridized carbons (Fsp3) is 0.524. The van der Waals surface area contributed by atoms with Crippen LogP contribution in [-0.2, 0) is 15.3 Å². The van der Waals surface area contributed by atoms with E-state index in [0.717, 1.165) is 12.8 Å². The molecule has 132 valence electrons. The van der Waals surface area contributed by atoms with Gasteiger partial charge in [0.25, 0.3) is 0 Å². The van der Waals surface area contributed by atoms with E-state index in [2.05, 4.69) is 82.3 Å². The molecule has 0 saturated carbocycles. The molecule has 0 fully saturated rings. The van der Waals surface area contributed by atoms with Crippen LogP contribution in [0.15, 0.2) is 54.6 Å². The summed E-state index contributed by atoms with van der Waals surface area (Å²) in [6, 6.07) is 10.7. The predicted octanol–water partition coefficient (Wildman–Crippen LogP) is 5.80. The number of hydrogen-bond donors (Lipinski definition) is 0. The van der Waals surface area contributed by atoms with Crippen molar-refractivity contribution in [1.29, 1.82) is 0 Å². The van der Waals surface area contributed by atoms with Gasteiger partial charge in [-0.2, -0.15) is 0 Å². The van der Waals surface area contributed by atoms with Crippen molar-refractivity contribution in [3.8, 4) is 0 Å². The lowest BCUT2D eigenvalue weighted by Gasteiger charge is -2.39. The molecular weight excluding hydrogens is 312 g/mol. The van der Waals surface area contributed by atoms with Gasteiger partial charge in [0.05, 0.1) is 12.2 Å². The minimum absolute atomic E-state index is 0.0354. The third-order valence-electron chi connectivity index (χ3n) is 4.72. The molecule has 2 nitrogen and oxygen atoms in total. The van der Waals surface area contributed by atoms with Crippen molar-refractivity contribution in [1.82, 2.24) is 0 Å². The number of rotatable bonds is 6. The van der Waals surface area contributed by atoms with Crippen molar-refractivity contribution in [3.63, 3.8) is 0 Å². The van der Waals surface area contributed by atoms with Gasteiger partial charge < -0.3 is 8.85 Å². The zero-order chi connectivity index (χ0) is 17.6. The Labute approximate surface area is 148 Å². The molecule has 0 bridgehead atoms. The van der Waals surface area contributed by atoms with E-state index in [1.165, 1.54) is 5.56 Å². The lowest BCUT2D eigenvalue weighted by molar-refractivity contribution is 0.122. The van der Waals surface area contributed by atoms with Gasteiger partial charge in [0.1, 0.15) is 0 Å². The van der Waals surface area contributed by atoms with Crippen LogP contribution in [0.5, 0.6) is 0 Å². The molecule has 0 unspecified atom stereocenters. The minimum atomic E-state index is -2.30. The molecule has 0 spiro atoms. The summed E-state index contributed by atoms with van der Waals surface area (Å²) in [5.41, 5.74) is 2.21. The zero-order valence-corrected chi connectivity index (χ0v) is 16.7. The van der Waals surface area contributed by atoms with Crippen molar-refractivity contribution in [3.05, 3.63) is 60.2 Å². The Morgan fingerprint density at radius 2 is 1.67 bits per heavy atom. The Bertz CT molecular complexity index is 540. The Balaban J connectivity index is 2.19. The maximum Gasteiger partial charge on any atom is 0.344 e. The highest BCUT2D eigenvalue weighted by Crippen LogP contribution is 2.39.